The molecule has 0 saturated heterocycles. The molecule has 0 saturated carbocycles. The van der Waals surface area contributed by atoms with Gasteiger partial charge in [-0.1, -0.05) is 26.0 Å². The van der Waals surface area contributed by atoms with Crippen LogP contribution in [0.2, 0.25) is 0 Å². The molecule has 1 aromatic rings. The third-order valence-corrected chi connectivity index (χ3v) is 2.70. The molecule has 3 heteroatoms. The molecule has 1 aromatic carbocycles. The van der Waals surface area contributed by atoms with E-state index in [0.29, 0.717) is 12.3 Å². The summed E-state index contributed by atoms with van der Waals surface area (Å²) in [4.78, 5) is 2.32. The first kappa shape index (κ1) is 14.5. The molecule has 0 amide bonds. The van der Waals surface area contributed by atoms with E-state index < -0.39 is 0 Å². The molecular formula is C15H22N2O. The number of ether oxygens (including phenoxy) is 1. The number of methoxy groups -OCH3 is 1. The molecule has 98 valence electrons. The van der Waals surface area contributed by atoms with Crippen molar-refractivity contribution in [3.8, 4) is 11.8 Å². The van der Waals surface area contributed by atoms with Gasteiger partial charge in [0.15, 0.2) is 0 Å². The monoisotopic (exact) mass is 246 g/mol. The van der Waals surface area contributed by atoms with Crippen molar-refractivity contribution in [3.05, 3.63) is 29.8 Å². The molecule has 0 spiro atoms. The number of nitrogens with zero attached hydrogens (tertiary/aromatic N) is 2. The minimum atomic E-state index is 0.580. The largest absolute Gasteiger partial charge is 0.497 e. The van der Waals surface area contributed by atoms with Gasteiger partial charge in [0.2, 0.25) is 0 Å². The Morgan fingerprint density at radius 3 is 2.78 bits per heavy atom. The van der Waals surface area contributed by atoms with E-state index in [2.05, 4.69) is 36.9 Å². The normalized spacial score (nSPS) is 10.7. The van der Waals surface area contributed by atoms with Crippen LogP contribution in [0.15, 0.2) is 24.3 Å². The van der Waals surface area contributed by atoms with Gasteiger partial charge in [-0.05, 0) is 23.6 Å². The number of benzene rings is 1. The van der Waals surface area contributed by atoms with Crippen LogP contribution in [0.1, 0.15) is 25.8 Å². The second-order valence-electron chi connectivity index (χ2n) is 4.89. The lowest BCUT2D eigenvalue weighted by Crippen LogP contribution is -2.28. The standard InChI is InChI=1S/C15H22N2O/c1-13(2)11-17(9-5-8-16)12-14-6-4-7-15(10-14)18-3/h4,6-7,10,13H,5,9,11-12H2,1-3H3. The minimum Gasteiger partial charge on any atom is -0.497 e. The fourth-order valence-corrected chi connectivity index (χ4v) is 1.99. The topological polar surface area (TPSA) is 36.3 Å². The molecule has 1 rings (SSSR count). The van der Waals surface area contributed by atoms with Crippen molar-refractivity contribution in [1.82, 2.24) is 4.90 Å². The van der Waals surface area contributed by atoms with Gasteiger partial charge in [-0.3, -0.25) is 4.90 Å². The van der Waals surface area contributed by atoms with Crippen molar-refractivity contribution >= 4 is 0 Å². The smallest absolute Gasteiger partial charge is 0.119 e. The van der Waals surface area contributed by atoms with Crippen LogP contribution in [0.25, 0.3) is 0 Å². The Bertz CT molecular complexity index is 396. The quantitative estimate of drug-likeness (QED) is 0.742. The van der Waals surface area contributed by atoms with Crippen LogP contribution in [0.4, 0.5) is 0 Å². The molecule has 0 N–H and O–H groups in total. The summed E-state index contributed by atoms with van der Waals surface area (Å²) in [6, 6.07) is 10.3. The number of hydrogen-bond acceptors (Lipinski definition) is 3. The molecule has 0 aliphatic heterocycles. The number of rotatable bonds is 7. The Hall–Kier alpha value is -1.53. The van der Waals surface area contributed by atoms with Crippen molar-refractivity contribution in [2.24, 2.45) is 5.92 Å². The van der Waals surface area contributed by atoms with Gasteiger partial charge < -0.3 is 4.74 Å². The molecule has 0 atom stereocenters. The second-order valence-corrected chi connectivity index (χ2v) is 4.89. The van der Waals surface area contributed by atoms with Crippen molar-refractivity contribution in [1.29, 1.82) is 5.26 Å². The van der Waals surface area contributed by atoms with E-state index in [1.165, 1.54) is 5.56 Å². The van der Waals surface area contributed by atoms with Crippen molar-refractivity contribution in [3.63, 3.8) is 0 Å². The van der Waals surface area contributed by atoms with Crippen LogP contribution in [-0.2, 0) is 6.54 Å². The highest BCUT2D eigenvalue weighted by molar-refractivity contribution is 5.28. The number of nitriles is 1. The average molecular weight is 246 g/mol. The number of hydrogen-bond donors (Lipinski definition) is 0. The summed E-state index contributed by atoms with van der Waals surface area (Å²) in [7, 11) is 1.68. The lowest BCUT2D eigenvalue weighted by molar-refractivity contribution is 0.241. The second kappa shape index (κ2) is 7.73. The summed E-state index contributed by atoms with van der Waals surface area (Å²) in [5, 5.41) is 8.70. The van der Waals surface area contributed by atoms with Crippen molar-refractivity contribution in [2.45, 2.75) is 26.8 Å². The van der Waals surface area contributed by atoms with Gasteiger partial charge in [-0.25, -0.2) is 0 Å². The third-order valence-electron chi connectivity index (χ3n) is 2.70. The lowest BCUT2D eigenvalue weighted by atomic mass is 10.1. The van der Waals surface area contributed by atoms with E-state index in [4.69, 9.17) is 10.00 Å². The highest BCUT2D eigenvalue weighted by atomic mass is 16.5. The van der Waals surface area contributed by atoms with E-state index in [1.54, 1.807) is 7.11 Å². The maximum Gasteiger partial charge on any atom is 0.119 e. The summed E-state index contributed by atoms with van der Waals surface area (Å²) in [5.74, 6) is 1.49. The zero-order valence-electron chi connectivity index (χ0n) is 11.5. The predicted molar refractivity (Wildman–Crippen MR) is 73.3 cm³/mol. The van der Waals surface area contributed by atoms with Gasteiger partial charge in [0.1, 0.15) is 5.75 Å². The maximum absolute atomic E-state index is 8.70. The first-order chi connectivity index (χ1) is 8.65. The Morgan fingerprint density at radius 2 is 2.17 bits per heavy atom. The Balaban J connectivity index is 2.65. The van der Waals surface area contributed by atoms with Crippen molar-refractivity contribution < 1.29 is 4.74 Å². The van der Waals surface area contributed by atoms with E-state index in [-0.39, 0.29) is 0 Å². The van der Waals surface area contributed by atoms with E-state index >= 15 is 0 Å². The zero-order chi connectivity index (χ0) is 13.4. The summed E-state index contributed by atoms with van der Waals surface area (Å²) in [5.41, 5.74) is 1.23. The summed E-state index contributed by atoms with van der Waals surface area (Å²) < 4.78 is 5.23. The molecular weight excluding hydrogens is 224 g/mol. The molecule has 0 bridgehead atoms. The Kier molecular flexibility index (Phi) is 6.24. The third kappa shape index (κ3) is 5.20. The van der Waals surface area contributed by atoms with E-state index in [9.17, 15) is 0 Å². The fraction of sp³-hybridized carbons (Fsp3) is 0.533. The predicted octanol–water partition coefficient (Wildman–Crippen LogP) is 3.07. The van der Waals surface area contributed by atoms with E-state index in [0.717, 1.165) is 25.4 Å². The minimum absolute atomic E-state index is 0.580. The summed E-state index contributed by atoms with van der Waals surface area (Å²) in [6.07, 6.45) is 0.580. The summed E-state index contributed by atoms with van der Waals surface area (Å²) in [6.45, 7) is 7.11. The molecule has 0 heterocycles. The maximum atomic E-state index is 8.70. The van der Waals surface area contributed by atoms with Crippen LogP contribution >= 0.6 is 0 Å². The van der Waals surface area contributed by atoms with Gasteiger partial charge in [0.05, 0.1) is 13.2 Å². The van der Waals surface area contributed by atoms with E-state index in [1.807, 2.05) is 12.1 Å². The van der Waals surface area contributed by atoms with Gasteiger partial charge in [-0.15, -0.1) is 0 Å². The molecule has 18 heavy (non-hydrogen) atoms. The molecule has 3 nitrogen and oxygen atoms in total. The highest BCUT2D eigenvalue weighted by Gasteiger charge is 2.08. The average Bonchev–Trinajstić information content (AvgIpc) is 2.35. The van der Waals surface area contributed by atoms with Crippen LogP contribution in [0.3, 0.4) is 0 Å². The Labute approximate surface area is 110 Å². The van der Waals surface area contributed by atoms with Gasteiger partial charge in [0, 0.05) is 26.1 Å². The molecule has 0 radical (unpaired) electrons. The van der Waals surface area contributed by atoms with Crippen molar-refractivity contribution in [2.75, 3.05) is 20.2 Å². The molecule has 0 fully saturated rings. The van der Waals surface area contributed by atoms with Gasteiger partial charge >= 0.3 is 0 Å². The first-order valence-corrected chi connectivity index (χ1v) is 6.38. The zero-order valence-corrected chi connectivity index (χ0v) is 11.5. The van der Waals surface area contributed by atoms with Crippen LogP contribution < -0.4 is 4.74 Å². The molecule has 0 aromatic heterocycles. The SMILES string of the molecule is COc1cccc(CN(CCC#N)CC(C)C)c1. The van der Waals surface area contributed by atoms with Gasteiger partial charge in [0.25, 0.3) is 0 Å². The summed E-state index contributed by atoms with van der Waals surface area (Å²) >= 11 is 0. The van der Waals surface area contributed by atoms with Gasteiger partial charge in [-0.2, -0.15) is 5.26 Å². The highest BCUT2D eigenvalue weighted by Crippen LogP contribution is 2.15. The lowest BCUT2D eigenvalue weighted by Gasteiger charge is -2.23. The molecule has 0 aliphatic carbocycles. The first-order valence-electron chi connectivity index (χ1n) is 6.38. The van der Waals surface area contributed by atoms with Crippen LogP contribution in [0, 0.1) is 17.2 Å². The van der Waals surface area contributed by atoms with Crippen LogP contribution in [-0.4, -0.2) is 25.1 Å². The van der Waals surface area contributed by atoms with Crippen LogP contribution in [0.5, 0.6) is 5.75 Å². The Morgan fingerprint density at radius 1 is 1.39 bits per heavy atom. The molecule has 0 unspecified atom stereocenters. The fourth-order valence-electron chi connectivity index (χ4n) is 1.99. The molecule has 0 aliphatic rings.